The highest BCUT2D eigenvalue weighted by atomic mass is 19.1. The molecule has 0 nitrogen and oxygen atoms in total. The smallest absolute Gasteiger partial charge is 0.131 e. The summed E-state index contributed by atoms with van der Waals surface area (Å²) < 4.78 is 14.5. The van der Waals surface area contributed by atoms with Gasteiger partial charge < -0.3 is 0 Å². The van der Waals surface area contributed by atoms with Gasteiger partial charge in [-0.1, -0.05) is 103 Å². The van der Waals surface area contributed by atoms with Gasteiger partial charge in [-0.25, -0.2) is 4.39 Å². The normalized spacial score (nSPS) is 13.6. The summed E-state index contributed by atoms with van der Waals surface area (Å²) in [5, 5.41) is 0. The van der Waals surface area contributed by atoms with Crippen molar-refractivity contribution >= 4 is 0 Å². The van der Waals surface area contributed by atoms with Crippen LogP contribution in [0.15, 0.2) is 121 Å². The van der Waals surface area contributed by atoms with Crippen LogP contribution in [0.3, 0.4) is 0 Å². The van der Waals surface area contributed by atoms with E-state index in [-0.39, 0.29) is 5.57 Å². The molecule has 1 unspecified atom stereocenters. The molecule has 156 valence electrons. The molecule has 0 rings (SSSR count). The number of hydrogen-bond donors (Lipinski definition) is 0. The van der Waals surface area contributed by atoms with Crippen molar-refractivity contribution in [1.82, 2.24) is 0 Å². The molecule has 0 heterocycles. The highest BCUT2D eigenvalue weighted by Crippen LogP contribution is 2.23. The molecule has 1 atom stereocenters. The molecule has 0 N–H and O–H groups in total. The summed E-state index contributed by atoms with van der Waals surface area (Å²) in [5.74, 6) is 0.173. The van der Waals surface area contributed by atoms with Crippen LogP contribution >= 0.6 is 0 Å². The average molecular weight is 393 g/mol. The van der Waals surface area contributed by atoms with Gasteiger partial charge in [-0.2, -0.15) is 0 Å². The van der Waals surface area contributed by atoms with Crippen LogP contribution in [-0.2, 0) is 0 Å². The van der Waals surface area contributed by atoms with E-state index in [1.807, 2.05) is 26.0 Å². The van der Waals surface area contributed by atoms with Crippen LogP contribution in [0.5, 0.6) is 0 Å². The monoisotopic (exact) mass is 392 g/mol. The van der Waals surface area contributed by atoms with E-state index in [4.69, 9.17) is 0 Å². The lowest BCUT2D eigenvalue weighted by molar-refractivity contribution is 0.571. The first-order valence-corrected chi connectivity index (χ1v) is 10.1. The number of allylic oxidation sites excluding steroid dienone is 14. The van der Waals surface area contributed by atoms with Crippen LogP contribution in [0.25, 0.3) is 0 Å². The molecule has 1 heteroatoms. The van der Waals surface area contributed by atoms with Crippen LogP contribution in [0.4, 0.5) is 4.39 Å². The number of halogens is 1. The van der Waals surface area contributed by atoms with Crippen molar-refractivity contribution in [2.45, 2.75) is 47.0 Å². The van der Waals surface area contributed by atoms with Crippen LogP contribution in [0.2, 0.25) is 0 Å². The summed E-state index contributed by atoms with van der Waals surface area (Å²) in [6.07, 6.45) is 13.8. The van der Waals surface area contributed by atoms with Crippen molar-refractivity contribution in [2.75, 3.05) is 0 Å². The molecule has 0 bridgehead atoms. The van der Waals surface area contributed by atoms with E-state index in [0.29, 0.717) is 22.6 Å². The number of hydrogen-bond acceptors (Lipinski definition) is 0. The van der Waals surface area contributed by atoms with Gasteiger partial charge in [0.15, 0.2) is 0 Å². The van der Waals surface area contributed by atoms with Gasteiger partial charge in [0.2, 0.25) is 0 Å². The highest BCUT2D eigenvalue weighted by molar-refractivity contribution is 5.53. The quantitative estimate of drug-likeness (QED) is 0.274. The topological polar surface area (TPSA) is 0 Å². The molecule has 0 saturated carbocycles. The molecule has 0 aliphatic carbocycles. The van der Waals surface area contributed by atoms with Crippen molar-refractivity contribution in [3.05, 3.63) is 121 Å². The second-order valence-electron chi connectivity index (χ2n) is 7.39. The minimum atomic E-state index is -0.482. The molecule has 0 aromatic heterocycles. The first kappa shape index (κ1) is 26.3. The maximum Gasteiger partial charge on any atom is 0.131 e. The van der Waals surface area contributed by atoms with E-state index in [2.05, 4.69) is 59.4 Å². The van der Waals surface area contributed by atoms with Gasteiger partial charge in [-0.15, -0.1) is 0 Å². The molecule has 29 heavy (non-hydrogen) atoms. The third kappa shape index (κ3) is 10.4. The zero-order chi connectivity index (χ0) is 22.6. The fourth-order valence-corrected chi connectivity index (χ4v) is 2.04. The molecule has 0 radical (unpaired) electrons. The largest absolute Gasteiger partial charge is 0.206 e. The van der Waals surface area contributed by atoms with Crippen LogP contribution in [-0.4, -0.2) is 0 Å². The van der Waals surface area contributed by atoms with Crippen LogP contribution in [0.1, 0.15) is 47.0 Å². The fourth-order valence-electron chi connectivity index (χ4n) is 2.04. The molecule has 0 fully saturated rings. The van der Waals surface area contributed by atoms with E-state index in [1.54, 1.807) is 12.2 Å². The molecule has 0 amide bonds. The molecule has 0 aromatic carbocycles. The molecule has 0 spiro atoms. The molecule has 0 aliphatic heterocycles. The highest BCUT2D eigenvalue weighted by Gasteiger charge is 2.06. The van der Waals surface area contributed by atoms with Gasteiger partial charge in [-0.05, 0) is 59.6 Å². The van der Waals surface area contributed by atoms with E-state index >= 15 is 0 Å². The lowest BCUT2D eigenvalue weighted by atomic mass is 9.99. The van der Waals surface area contributed by atoms with Gasteiger partial charge in [0.05, 0.1) is 0 Å². The first-order chi connectivity index (χ1) is 13.5. The number of rotatable bonds is 13. The Bertz CT molecular complexity index is 790. The van der Waals surface area contributed by atoms with Crippen LogP contribution in [0, 0.1) is 5.92 Å². The predicted octanol–water partition coefficient (Wildman–Crippen LogP) is 9.08. The summed E-state index contributed by atoms with van der Waals surface area (Å²) in [7, 11) is 0. The fraction of sp³-hybridized carbons (Fsp3) is 0.286. The minimum Gasteiger partial charge on any atom is -0.206 e. The lowest BCUT2D eigenvalue weighted by Crippen LogP contribution is -1.90. The van der Waals surface area contributed by atoms with Gasteiger partial charge in [-0.3, -0.25) is 0 Å². The second-order valence-corrected chi connectivity index (χ2v) is 7.39. The Morgan fingerprint density at radius 1 is 0.828 bits per heavy atom. The SMILES string of the molecule is C=C(/C=C\C(=C)C(=C)/C(F)=C\C(=C)C(=C)/C=C\C(=C)/C(C)=C/CC(C)CC)CC. The Balaban J connectivity index is 5.00. The Morgan fingerprint density at radius 2 is 1.38 bits per heavy atom. The van der Waals surface area contributed by atoms with Gasteiger partial charge in [0, 0.05) is 5.57 Å². The molecule has 0 aromatic rings. The minimum absolute atomic E-state index is 0.219. The zero-order valence-corrected chi connectivity index (χ0v) is 18.8. The maximum atomic E-state index is 14.5. The van der Waals surface area contributed by atoms with Crippen molar-refractivity contribution in [2.24, 2.45) is 5.92 Å². The Labute approximate surface area is 178 Å². The summed E-state index contributed by atoms with van der Waals surface area (Å²) in [6, 6.07) is 0. The lowest BCUT2D eigenvalue weighted by Gasteiger charge is -2.07. The van der Waals surface area contributed by atoms with Crippen molar-refractivity contribution < 1.29 is 4.39 Å². The van der Waals surface area contributed by atoms with Crippen molar-refractivity contribution in [3.63, 3.8) is 0 Å². The maximum absolute atomic E-state index is 14.5. The van der Waals surface area contributed by atoms with Gasteiger partial charge in [0.1, 0.15) is 5.83 Å². The zero-order valence-electron chi connectivity index (χ0n) is 18.8. The third-order valence-corrected chi connectivity index (χ3v) is 4.88. The van der Waals surface area contributed by atoms with E-state index in [0.717, 1.165) is 36.0 Å². The van der Waals surface area contributed by atoms with Gasteiger partial charge >= 0.3 is 0 Å². The van der Waals surface area contributed by atoms with Crippen LogP contribution < -0.4 is 0 Å². The third-order valence-electron chi connectivity index (χ3n) is 4.88. The van der Waals surface area contributed by atoms with E-state index in [9.17, 15) is 4.39 Å². The summed E-state index contributed by atoms with van der Waals surface area (Å²) in [5.41, 5.74) is 4.79. The predicted molar refractivity (Wildman–Crippen MR) is 130 cm³/mol. The van der Waals surface area contributed by atoms with Crippen molar-refractivity contribution in [3.8, 4) is 0 Å². The second kappa shape index (κ2) is 13.5. The Kier molecular flexibility index (Phi) is 12.3. The standard InChI is InChI=1S/C28H37F/c1-11-20(3)13-15-22(5)23(6)17-18-24(7)26(9)19-28(29)27(10)25(8)16-14-21(4)12-2/h14-20H,4,6-13H2,1-3,5H3/b16-14-,18-17-,22-15+,28-19+. The van der Waals surface area contributed by atoms with E-state index in [1.165, 1.54) is 6.08 Å². The average Bonchev–Trinajstić information content (AvgIpc) is 2.71. The van der Waals surface area contributed by atoms with E-state index < -0.39 is 5.83 Å². The van der Waals surface area contributed by atoms with Crippen molar-refractivity contribution in [1.29, 1.82) is 0 Å². The molecular weight excluding hydrogens is 355 g/mol. The summed E-state index contributed by atoms with van der Waals surface area (Å²) in [4.78, 5) is 0. The summed E-state index contributed by atoms with van der Waals surface area (Å²) in [6.45, 7) is 31.9. The Hall–Kier alpha value is -2.67. The molecule has 0 aliphatic rings. The molecular formula is C28H37F. The first-order valence-electron chi connectivity index (χ1n) is 10.1. The molecule has 0 saturated heterocycles. The van der Waals surface area contributed by atoms with Gasteiger partial charge in [0.25, 0.3) is 0 Å². The summed E-state index contributed by atoms with van der Waals surface area (Å²) >= 11 is 0. The Morgan fingerprint density at radius 3 is 1.93 bits per heavy atom.